The highest BCUT2D eigenvalue weighted by Crippen LogP contribution is 2.37. The minimum absolute atomic E-state index is 0.0441. The predicted octanol–water partition coefficient (Wildman–Crippen LogP) is 5.25. The van der Waals surface area contributed by atoms with E-state index in [4.69, 9.17) is 0 Å². The van der Waals surface area contributed by atoms with Crippen LogP contribution in [0.5, 0.6) is 0 Å². The first-order valence-electron chi connectivity index (χ1n) is 9.44. The van der Waals surface area contributed by atoms with Crippen molar-refractivity contribution in [3.63, 3.8) is 0 Å². The van der Waals surface area contributed by atoms with E-state index < -0.39 is 0 Å². The highest BCUT2D eigenvalue weighted by molar-refractivity contribution is 5.78. The summed E-state index contributed by atoms with van der Waals surface area (Å²) < 4.78 is 0. The molecule has 0 unspecified atom stereocenters. The number of carbonyl (C=O) groups excluding carboxylic acids is 1. The second kappa shape index (κ2) is 7.67. The number of benzene rings is 3. The summed E-state index contributed by atoms with van der Waals surface area (Å²) in [6, 6.07) is 31.1. The highest BCUT2D eigenvalue weighted by Gasteiger charge is 2.43. The molecule has 1 heterocycles. The molecule has 0 saturated carbocycles. The first-order chi connectivity index (χ1) is 13.2. The fourth-order valence-electron chi connectivity index (χ4n) is 3.94. The summed E-state index contributed by atoms with van der Waals surface area (Å²) in [5.74, 6) is 0. The molecule has 3 aromatic rings. The summed E-state index contributed by atoms with van der Waals surface area (Å²) in [6.07, 6.45) is 0. The molecule has 27 heavy (non-hydrogen) atoms. The van der Waals surface area contributed by atoms with E-state index in [-0.39, 0.29) is 18.1 Å². The van der Waals surface area contributed by atoms with Crippen LogP contribution in [-0.4, -0.2) is 21.9 Å². The van der Waals surface area contributed by atoms with Gasteiger partial charge in [-0.05, 0) is 23.6 Å². The summed E-state index contributed by atoms with van der Waals surface area (Å²) >= 11 is 0. The molecule has 0 radical (unpaired) electrons. The van der Waals surface area contributed by atoms with Crippen molar-refractivity contribution in [3.05, 3.63) is 108 Å². The first kappa shape index (κ1) is 17.3. The first-order valence-corrected chi connectivity index (χ1v) is 9.44. The lowest BCUT2D eigenvalue weighted by Crippen LogP contribution is -2.33. The predicted molar refractivity (Wildman–Crippen MR) is 108 cm³/mol. The van der Waals surface area contributed by atoms with Gasteiger partial charge in [-0.25, -0.2) is 4.79 Å². The van der Waals surface area contributed by atoms with E-state index in [9.17, 15) is 4.79 Å². The molecule has 136 valence electrons. The van der Waals surface area contributed by atoms with E-state index in [0.717, 1.165) is 11.1 Å². The van der Waals surface area contributed by atoms with Crippen LogP contribution in [0.3, 0.4) is 0 Å². The lowest BCUT2D eigenvalue weighted by atomic mass is 9.99. The minimum atomic E-state index is 0.0441. The van der Waals surface area contributed by atoms with Crippen LogP contribution in [0.2, 0.25) is 0 Å². The second-order valence-electron chi connectivity index (χ2n) is 7.11. The van der Waals surface area contributed by atoms with E-state index in [1.807, 2.05) is 64.4 Å². The molecule has 0 aliphatic carbocycles. The fourth-order valence-corrected chi connectivity index (χ4v) is 3.94. The monoisotopic (exact) mass is 356 g/mol. The largest absolute Gasteiger partial charge is 0.321 e. The van der Waals surface area contributed by atoms with Gasteiger partial charge in [-0.1, -0.05) is 91.0 Å². The zero-order chi connectivity index (χ0) is 18.6. The van der Waals surface area contributed by atoms with Gasteiger partial charge in [-0.15, -0.1) is 0 Å². The normalized spacial score (nSPS) is 19.5. The van der Waals surface area contributed by atoms with Crippen molar-refractivity contribution in [2.75, 3.05) is 0 Å². The van der Waals surface area contributed by atoms with Crippen LogP contribution in [0.1, 0.15) is 29.7 Å². The molecule has 3 aromatic carbocycles. The Kier molecular flexibility index (Phi) is 4.93. The van der Waals surface area contributed by atoms with Gasteiger partial charge in [0.1, 0.15) is 0 Å². The van der Waals surface area contributed by atoms with Gasteiger partial charge in [0.05, 0.1) is 12.1 Å². The van der Waals surface area contributed by atoms with Crippen molar-refractivity contribution in [2.45, 2.75) is 32.1 Å². The minimum Gasteiger partial charge on any atom is -0.315 e. The van der Waals surface area contributed by atoms with Gasteiger partial charge in [0.25, 0.3) is 0 Å². The van der Waals surface area contributed by atoms with Gasteiger partial charge in [0, 0.05) is 13.1 Å². The van der Waals surface area contributed by atoms with Crippen molar-refractivity contribution < 1.29 is 4.79 Å². The maximum Gasteiger partial charge on any atom is 0.321 e. The van der Waals surface area contributed by atoms with Gasteiger partial charge < -0.3 is 9.80 Å². The van der Waals surface area contributed by atoms with Crippen LogP contribution in [0.15, 0.2) is 91.0 Å². The number of carbonyl (C=O) groups is 1. The molecule has 4 rings (SSSR count). The molecule has 1 aliphatic heterocycles. The van der Waals surface area contributed by atoms with E-state index in [0.29, 0.717) is 13.1 Å². The van der Waals surface area contributed by atoms with Crippen molar-refractivity contribution in [2.24, 2.45) is 0 Å². The second-order valence-corrected chi connectivity index (χ2v) is 7.11. The van der Waals surface area contributed by atoms with E-state index >= 15 is 0 Å². The SMILES string of the molecule is C[C@H]1[C@@H](c2ccccc2)N(Cc2ccccc2)C(=O)N1Cc1ccccc1. The topological polar surface area (TPSA) is 23.6 Å². The van der Waals surface area contributed by atoms with Crippen molar-refractivity contribution in [3.8, 4) is 0 Å². The van der Waals surface area contributed by atoms with E-state index in [2.05, 4.69) is 43.3 Å². The van der Waals surface area contributed by atoms with Crippen molar-refractivity contribution in [1.82, 2.24) is 9.80 Å². The number of amides is 2. The molecular formula is C24H24N2O. The van der Waals surface area contributed by atoms with Crippen LogP contribution in [0, 0.1) is 0 Å². The third-order valence-corrected chi connectivity index (χ3v) is 5.31. The summed E-state index contributed by atoms with van der Waals surface area (Å²) in [6.45, 7) is 3.41. The smallest absolute Gasteiger partial charge is 0.315 e. The van der Waals surface area contributed by atoms with Gasteiger partial charge in [0.15, 0.2) is 0 Å². The Balaban J connectivity index is 1.66. The highest BCUT2D eigenvalue weighted by atomic mass is 16.2. The Morgan fingerprint density at radius 1 is 0.667 bits per heavy atom. The molecule has 1 aliphatic rings. The Labute approximate surface area is 160 Å². The lowest BCUT2D eigenvalue weighted by molar-refractivity contribution is 0.181. The van der Waals surface area contributed by atoms with Crippen LogP contribution in [0.25, 0.3) is 0 Å². The number of nitrogens with zero attached hydrogens (tertiary/aromatic N) is 2. The number of hydrogen-bond donors (Lipinski definition) is 0. The van der Waals surface area contributed by atoms with Gasteiger partial charge in [-0.3, -0.25) is 0 Å². The molecule has 1 saturated heterocycles. The van der Waals surface area contributed by atoms with Crippen LogP contribution in [0.4, 0.5) is 4.79 Å². The number of hydrogen-bond acceptors (Lipinski definition) is 1. The molecule has 3 heteroatoms. The van der Waals surface area contributed by atoms with E-state index in [1.165, 1.54) is 5.56 Å². The lowest BCUT2D eigenvalue weighted by Gasteiger charge is -2.26. The van der Waals surface area contributed by atoms with Gasteiger partial charge in [-0.2, -0.15) is 0 Å². The Hall–Kier alpha value is -3.07. The Bertz CT molecular complexity index is 880. The molecule has 0 bridgehead atoms. The van der Waals surface area contributed by atoms with Crippen molar-refractivity contribution in [1.29, 1.82) is 0 Å². The molecule has 2 atom stereocenters. The Morgan fingerprint density at radius 2 is 1.11 bits per heavy atom. The molecule has 0 aromatic heterocycles. The number of urea groups is 1. The molecule has 0 spiro atoms. The maximum atomic E-state index is 13.4. The van der Waals surface area contributed by atoms with Crippen LogP contribution < -0.4 is 0 Å². The van der Waals surface area contributed by atoms with Crippen LogP contribution in [-0.2, 0) is 13.1 Å². The fraction of sp³-hybridized carbons (Fsp3) is 0.208. The zero-order valence-corrected chi connectivity index (χ0v) is 15.5. The molecule has 0 N–H and O–H groups in total. The average Bonchev–Trinajstić information content (AvgIpc) is 2.94. The molecular weight excluding hydrogens is 332 g/mol. The van der Waals surface area contributed by atoms with Crippen LogP contribution >= 0.6 is 0 Å². The average molecular weight is 356 g/mol. The van der Waals surface area contributed by atoms with E-state index in [1.54, 1.807) is 0 Å². The van der Waals surface area contributed by atoms with Gasteiger partial charge >= 0.3 is 6.03 Å². The standard InChI is InChI=1S/C24H24N2O/c1-19-23(22-15-9-4-10-16-22)26(18-21-13-7-3-8-14-21)24(27)25(19)17-20-11-5-2-6-12-20/h2-16,19,23H,17-18H2,1H3/t19-,23-/m0/s1. The molecule has 1 fully saturated rings. The third-order valence-electron chi connectivity index (χ3n) is 5.31. The summed E-state index contributed by atoms with van der Waals surface area (Å²) in [5, 5.41) is 0. The third kappa shape index (κ3) is 3.59. The maximum absolute atomic E-state index is 13.4. The Morgan fingerprint density at radius 3 is 1.63 bits per heavy atom. The van der Waals surface area contributed by atoms with Crippen molar-refractivity contribution >= 4 is 6.03 Å². The summed E-state index contributed by atoms with van der Waals surface area (Å²) in [7, 11) is 0. The zero-order valence-electron chi connectivity index (χ0n) is 15.5. The summed E-state index contributed by atoms with van der Waals surface area (Å²) in [5.41, 5.74) is 3.50. The molecule has 3 nitrogen and oxygen atoms in total. The number of rotatable bonds is 5. The van der Waals surface area contributed by atoms with Gasteiger partial charge in [0.2, 0.25) is 0 Å². The summed E-state index contributed by atoms with van der Waals surface area (Å²) in [4.78, 5) is 17.4. The molecule has 2 amide bonds. The quantitative estimate of drug-likeness (QED) is 0.612.